The molecule has 2 saturated heterocycles. The monoisotopic (exact) mass is 1010 g/mol. The maximum atomic E-state index is 12.6. The second kappa shape index (κ2) is 23.8. The van der Waals surface area contributed by atoms with Gasteiger partial charge in [-0.3, -0.25) is 47.1 Å². The first-order valence-corrected chi connectivity index (χ1v) is 25.6. The van der Waals surface area contributed by atoms with Crippen LogP contribution in [0.4, 0.5) is 0 Å². The number of amides is 1. The van der Waals surface area contributed by atoms with Crippen molar-refractivity contribution in [3.05, 3.63) is 71.3 Å². The van der Waals surface area contributed by atoms with Gasteiger partial charge in [0.25, 0.3) is 11.1 Å². The van der Waals surface area contributed by atoms with E-state index >= 15 is 0 Å². The highest BCUT2D eigenvalue weighted by atomic mass is 31.3. The molecule has 1 amide bonds. The fourth-order valence-electron chi connectivity index (χ4n) is 6.32. The molecular formula is C32H51N5O24P4. The highest BCUT2D eigenvalue weighted by molar-refractivity contribution is 7.66. The fraction of sp³-hybridized carbons (Fsp3) is 0.656. The molecule has 33 heteroatoms. The third-order valence-corrected chi connectivity index (χ3v) is 14.3. The normalized spacial score (nSPS) is 25.3. The minimum absolute atomic E-state index is 0.0154. The number of nitrogens with zero attached hydrogens (tertiary/aromatic N) is 2. The third kappa shape index (κ3) is 17.5. The second-order valence-electron chi connectivity index (χ2n) is 14.6. The Labute approximate surface area is 367 Å². The number of phosphoric acid groups is 4. The van der Waals surface area contributed by atoms with E-state index in [1.807, 2.05) is 4.98 Å². The quantitative estimate of drug-likeness (QED) is 0.0413. The lowest BCUT2D eigenvalue weighted by atomic mass is 10.1. The second-order valence-corrected chi connectivity index (χ2v) is 20.5. The number of aromatic amines is 2. The Bertz CT molecular complexity index is 2420. The average molecular weight is 1010 g/mol. The van der Waals surface area contributed by atoms with Gasteiger partial charge in [0.1, 0.15) is 30.6 Å². The number of aromatic nitrogens is 4. The van der Waals surface area contributed by atoms with Crippen molar-refractivity contribution in [1.82, 2.24) is 24.4 Å². The number of aliphatic hydroxyl groups is 3. The molecule has 0 aromatic carbocycles. The van der Waals surface area contributed by atoms with Gasteiger partial charge in [-0.1, -0.05) is 44.3 Å². The Hall–Kier alpha value is -3.11. The molecule has 65 heavy (non-hydrogen) atoms. The summed E-state index contributed by atoms with van der Waals surface area (Å²) in [7, 11) is -21.6. The van der Waals surface area contributed by atoms with Crippen molar-refractivity contribution in [2.45, 2.75) is 108 Å². The van der Waals surface area contributed by atoms with Gasteiger partial charge < -0.3 is 54.6 Å². The lowest BCUT2D eigenvalue weighted by Gasteiger charge is -2.19. The van der Waals surface area contributed by atoms with E-state index in [4.69, 9.17) is 28.3 Å². The van der Waals surface area contributed by atoms with Crippen LogP contribution in [0.5, 0.6) is 0 Å². The first kappa shape index (κ1) is 54.5. The van der Waals surface area contributed by atoms with Crippen molar-refractivity contribution in [3.63, 3.8) is 0 Å². The van der Waals surface area contributed by atoms with Crippen LogP contribution in [0.15, 0.2) is 37.6 Å². The van der Waals surface area contributed by atoms with Crippen molar-refractivity contribution in [3.8, 4) is 0 Å². The molecule has 2 fully saturated rings. The van der Waals surface area contributed by atoms with Crippen molar-refractivity contribution in [2.75, 3.05) is 26.4 Å². The minimum Gasteiger partial charge on any atom is -0.390 e. The van der Waals surface area contributed by atoms with Gasteiger partial charge in [-0.15, -0.1) is 0 Å². The van der Waals surface area contributed by atoms with Gasteiger partial charge in [0.15, 0.2) is 6.23 Å². The largest absolute Gasteiger partial charge is 0.490 e. The molecule has 2 aromatic rings. The predicted molar refractivity (Wildman–Crippen MR) is 218 cm³/mol. The zero-order valence-electron chi connectivity index (χ0n) is 34.3. The Kier molecular flexibility index (Phi) is 19.9. The number of phosphoric ester groups is 2. The highest BCUT2D eigenvalue weighted by Gasteiger charge is 2.47. The zero-order chi connectivity index (χ0) is 48.3. The van der Waals surface area contributed by atoms with Gasteiger partial charge in [-0.25, -0.2) is 27.8 Å². The van der Waals surface area contributed by atoms with E-state index < -0.39 is 110 Å². The number of hydrogen-bond donors (Lipinski definition) is 11. The van der Waals surface area contributed by atoms with Crippen LogP contribution in [0.3, 0.4) is 0 Å². The summed E-state index contributed by atoms with van der Waals surface area (Å²) in [5.74, 6) is -0.284. The topological polar surface area (TPSA) is 434 Å². The van der Waals surface area contributed by atoms with E-state index in [0.29, 0.717) is 23.8 Å². The number of hydrogen-bond acceptors (Lipinski definition) is 19. The van der Waals surface area contributed by atoms with Crippen molar-refractivity contribution >= 4 is 43.3 Å². The van der Waals surface area contributed by atoms with E-state index in [1.54, 1.807) is 0 Å². The van der Waals surface area contributed by atoms with Crippen LogP contribution >= 0.6 is 31.3 Å². The van der Waals surface area contributed by atoms with Gasteiger partial charge in [0.05, 0.1) is 31.5 Å². The standard InChI is InChI=1S/C32H51N5O24P4/c1-19-15-36(31(44)34-28(19)42)25-14-21(38)22(58-25)17-56-63(49,50)55-13-8-6-4-2-3-5-7-11-24(39)33-12-9-10-20-16-37(32(45)35-29(20)43)30-27(41)26(40)23(59-30)18-57-64(51,52)61-65(53,54)60-62(46,47)48/h9-10,15-16,21-23,25-27,30,38,40-41H,2-8,11-14,17-18H2,1H3,(H,33,39)(H,49,50)(H,51,52)(H,53,54)(H,34,42,44)(H,35,43,45)(H2,46,47,48)/b10-9+. The molecule has 4 heterocycles. The maximum absolute atomic E-state index is 12.6. The van der Waals surface area contributed by atoms with Crippen LogP contribution in [0, 0.1) is 6.92 Å². The van der Waals surface area contributed by atoms with Gasteiger partial charge >= 0.3 is 42.7 Å². The Morgan fingerprint density at radius 2 is 1.35 bits per heavy atom. The summed E-state index contributed by atoms with van der Waals surface area (Å²) in [4.78, 5) is 111. The third-order valence-electron chi connectivity index (χ3n) is 9.50. The van der Waals surface area contributed by atoms with Gasteiger partial charge in [-0.05, 0) is 19.8 Å². The van der Waals surface area contributed by atoms with Crippen LogP contribution in [0.2, 0.25) is 0 Å². The molecule has 0 spiro atoms. The number of rotatable bonds is 26. The fourth-order valence-corrected chi connectivity index (χ4v) is 10.1. The number of aliphatic hydroxyl groups excluding tert-OH is 3. The lowest BCUT2D eigenvalue weighted by Crippen LogP contribution is -2.38. The molecule has 4 rings (SSSR count). The van der Waals surface area contributed by atoms with E-state index in [1.165, 1.54) is 25.3 Å². The van der Waals surface area contributed by atoms with Gasteiger partial charge in [-0.2, -0.15) is 8.62 Å². The Balaban J connectivity index is 1.08. The van der Waals surface area contributed by atoms with E-state index in [0.717, 1.165) is 36.4 Å². The molecule has 10 atom stereocenters. The first-order valence-electron chi connectivity index (χ1n) is 19.6. The SMILES string of the molecule is Cc1cn(C2CC(O)C(COP(=O)(O)OCCCCCCCCCC(=O)NC/C=C/c3cn(C4OC(COP(=O)(O)OP(=O)(O)OP(=O)(O)O)C(O)C4O)c(=O)[nH]c3=O)O2)c(=O)[nH]c1=O. The van der Waals surface area contributed by atoms with Crippen molar-refractivity contribution < 1.29 is 94.5 Å². The number of nitrogens with one attached hydrogen (secondary N) is 3. The van der Waals surface area contributed by atoms with E-state index in [-0.39, 0.29) is 43.0 Å². The zero-order valence-corrected chi connectivity index (χ0v) is 37.9. The Morgan fingerprint density at radius 1 is 0.754 bits per heavy atom. The summed E-state index contributed by atoms with van der Waals surface area (Å²) in [6.45, 7) is -0.210. The summed E-state index contributed by atoms with van der Waals surface area (Å²) >= 11 is 0. The molecule has 29 nitrogen and oxygen atoms in total. The van der Waals surface area contributed by atoms with Gasteiger partial charge in [0.2, 0.25) is 5.91 Å². The first-order chi connectivity index (χ1) is 30.3. The van der Waals surface area contributed by atoms with Crippen LogP contribution in [0.1, 0.15) is 81.4 Å². The molecule has 0 saturated carbocycles. The molecule has 2 aliphatic heterocycles. The number of ether oxygens (including phenoxy) is 2. The molecule has 368 valence electrons. The summed E-state index contributed by atoms with van der Waals surface area (Å²) in [5, 5.41) is 33.9. The molecule has 2 aromatic heterocycles. The molecular weight excluding hydrogens is 962 g/mol. The number of carbonyl (C=O) groups excluding carboxylic acids is 1. The van der Waals surface area contributed by atoms with Crippen molar-refractivity contribution in [1.29, 1.82) is 0 Å². The summed E-state index contributed by atoms with van der Waals surface area (Å²) in [6, 6.07) is 0. The number of aryl methyl sites for hydroxylation is 1. The van der Waals surface area contributed by atoms with E-state index in [9.17, 15) is 72.2 Å². The van der Waals surface area contributed by atoms with Crippen LogP contribution in [0.25, 0.3) is 6.08 Å². The number of unbranched alkanes of at least 4 members (excludes halogenated alkanes) is 6. The lowest BCUT2D eigenvalue weighted by molar-refractivity contribution is -0.121. The summed E-state index contributed by atoms with van der Waals surface area (Å²) in [6.07, 6.45) is -0.330. The van der Waals surface area contributed by atoms with Crippen molar-refractivity contribution in [2.24, 2.45) is 0 Å². The van der Waals surface area contributed by atoms with E-state index in [2.05, 4.69) is 23.4 Å². The minimum atomic E-state index is -5.84. The average Bonchev–Trinajstić information content (AvgIpc) is 3.70. The van der Waals surface area contributed by atoms with Gasteiger partial charge in [0, 0.05) is 37.3 Å². The summed E-state index contributed by atoms with van der Waals surface area (Å²) in [5.41, 5.74) is -3.16. The van der Waals surface area contributed by atoms with Crippen LogP contribution in [-0.4, -0.2) is 122 Å². The number of H-pyrrole nitrogens is 2. The molecule has 10 unspecified atom stereocenters. The number of carbonyl (C=O) groups is 1. The predicted octanol–water partition coefficient (Wildman–Crippen LogP) is -0.610. The van der Waals surface area contributed by atoms with Crippen LogP contribution in [-0.2, 0) is 54.7 Å². The molecule has 2 aliphatic rings. The summed E-state index contributed by atoms with van der Waals surface area (Å²) < 4.78 is 81.0. The van der Waals surface area contributed by atoms with Crippen LogP contribution < -0.4 is 27.8 Å². The maximum Gasteiger partial charge on any atom is 0.490 e. The molecule has 0 bridgehead atoms. The molecule has 11 N–H and O–H groups in total. The molecule has 0 aliphatic carbocycles. The smallest absolute Gasteiger partial charge is 0.390 e. The highest BCUT2D eigenvalue weighted by Crippen LogP contribution is 2.66. The molecule has 0 radical (unpaired) electrons. The Morgan fingerprint density at radius 3 is 2.03 bits per heavy atom.